The Morgan fingerprint density at radius 1 is 0.943 bits per heavy atom. The van der Waals surface area contributed by atoms with Crippen molar-refractivity contribution in [1.29, 1.82) is 0 Å². The molecule has 4 heterocycles. The van der Waals surface area contributed by atoms with Crippen molar-refractivity contribution in [2.75, 3.05) is 16.8 Å². The zero-order valence-electron chi connectivity index (χ0n) is 22.3. The predicted molar refractivity (Wildman–Crippen MR) is 146 cm³/mol. The Hall–Kier alpha value is -2.95. The Kier molecular flexibility index (Phi) is 6.06. The van der Waals surface area contributed by atoms with Crippen molar-refractivity contribution in [3.63, 3.8) is 0 Å². The molecule has 2 aliphatic heterocycles. The van der Waals surface area contributed by atoms with Crippen molar-refractivity contribution in [3.05, 3.63) is 59.5 Å². The normalized spacial score (nSPS) is 18.5. The second kappa shape index (κ2) is 8.92. The number of hydrogen-bond donors (Lipinski definition) is 0. The van der Waals surface area contributed by atoms with Crippen molar-refractivity contribution in [3.8, 4) is 11.4 Å². The number of aryl methyl sites for hydroxylation is 1. The van der Waals surface area contributed by atoms with E-state index in [0.29, 0.717) is 11.8 Å². The van der Waals surface area contributed by atoms with Crippen LogP contribution >= 0.6 is 0 Å². The molecule has 0 saturated carbocycles. The van der Waals surface area contributed by atoms with Crippen LogP contribution in [0.2, 0.25) is 0 Å². The number of benzene rings is 1. The van der Waals surface area contributed by atoms with E-state index < -0.39 is 0 Å². The molecular formula is C30H39N5. The maximum Gasteiger partial charge on any atom is 0.162 e. The molecule has 2 aliphatic rings. The summed E-state index contributed by atoms with van der Waals surface area (Å²) < 4.78 is 0. The van der Waals surface area contributed by atoms with Gasteiger partial charge in [0.2, 0.25) is 0 Å². The summed E-state index contributed by atoms with van der Waals surface area (Å²) in [4.78, 5) is 19.9. The molecule has 3 aromatic rings. The fraction of sp³-hybridized carbons (Fsp3) is 0.500. The van der Waals surface area contributed by atoms with Crippen molar-refractivity contribution >= 4 is 17.2 Å². The van der Waals surface area contributed by atoms with Crippen LogP contribution in [-0.4, -0.2) is 28.2 Å². The summed E-state index contributed by atoms with van der Waals surface area (Å²) in [6, 6.07) is 8.90. The zero-order chi connectivity index (χ0) is 24.9. The van der Waals surface area contributed by atoms with E-state index in [4.69, 9.17) is 9.97 Å². The van der Waals surface area contributed by atoms with Crippen LogP contribution in [0.5, 0.6) is 0 Å². The minimum absolute atomic E-state index is 0.178. The van der Waals surface area contributed by atoms with Gasteiger partial charge >= 0.3 is 0 Å². The van der Waals surface area contributed by atoms with Gasteiger partial charge in [0.05, 0.1) is 6.20 Å². The Morgan fingerprint density at radius 3 is 2.23 bits per heavy atom. The highest BCUT2D eigenvalue weighted by atomic mass is 15.4. The van der Waals surface area contributed by atoms with Crippen LogP contribution in [0.25, 0.3) is 11.4 Å². The minimum atomic E-state index is 0.178. The summed E-state index contributed by atoms with van der Waals surface area (Å²) in [5, 5.41) is 0. The third-order valence-corrected chi connectivity index (χ3v) is 8.53. The van der Waals surface area contributed by atoms with Gasteiger partial charge in [0.15, 0.2) is 11.6 Å². The lowest BCUT2D eigenvalue weighted by molar-refractivity contribution is 0.191. The molecule has 0 amide bonds. The first-order valence-electron chi connectivity index (χ1n) is 13.3. The van der Waals surface area contributed by atoms with Gasteiger partial charge in [0.25, 0.3) is 0 Å². The highest BCUT2D eigenvalue weighted by molar-refractivity contribution is 5.84. The largest absolute Gasteiger partial charge is 0.337 e. The van der Waals surface area contributed by atoms with Crippen molar-refractivity contribution in [1.82, 2.24) is 15.0 Å². The molecule has 0 N–H and O–H groups in total. The quantitative estimate of drug-likeness (QED) is 0.388. The van der Waals surface area contributed by atoms with Gasteiger partial charge in [-0.25, -0.2) is 9.97 Å². The maximum absolute atomic E-state index is 5.30. The lowest BCUT2D eigenvalue weighted by Gasteiger charge is -2.44. The Balaban J connectivity index is 1.73. The number of anilines is 3. The summed E-state index contributed by atoms with van der Waals surface area (Å²) in [6.45, 7) is 13.6. The van der Waals surface area contributed by atoms with E-state index in [1.165, 1.54) is 28.8 Å². The second-order valence-corrected chi connectivity index (χ2v) is 11.0. The van der Waals surface area contributed by atoms with E-state index in [2.05, 4.69) is 93.8 Å². The average molecular weight is 470 g/mol. The zero-order valence-corrected chi connectivity index (χ0v) is 22.3. The third kappa shape index (κ3) is 3.62. The number of aromatic nitrogens is 3. The van der Waals surface area contributed by atoms with Gasteiger partial charge in [-0.05, 0) is 60.3 Å². The molecular weight excluding hydrogens is 430 g/mol. The number of para-hydroxylation sites is 1. The predicted octanol–water partition coefficient (Wildman–Crippen LogP) is 7.45. The lowest BCUT2D eigenvalue weighted by Crippen LogP contribution is -2.51. The molecule has 0 bridgehead atoms. The number of rotatable bonds is 5. The molecule has 5 rings (SSSR count). The van der Waals surface area contributed by atoms with Crippen LogP contribution in [0.15, 0.2) is 42.9 Å². The molecule has 5 nitrogen and oxygen atoms in total. The fourth-order valence-electron chi connectivity index (χ4n) is 6.35. The van der Waals surface area contributed by atoms with E-state index in [1.807, 2.05) is 12.4 Å². The van der Waals surface area contributed by atoms with Gasteiger partial charge in [-0.1, -0.05) is 59.7 Å². The van der Waals surface area contributed by atoms with Crippen LogP contribution in [0.1, 0.15) is 89.3 Å². The highest BCUT2D eigenvalue weighted by Crippen LogP contribution is 2.54. The van der Waals surface area contributed by atoms with Gasteiger partial charge in [-0.15, -0.1) is 0 Å². The third-order valence-electron chi connectivity index (χ3n) is 8.53. The molecule has 0 fully saturated rings. The number of nitrogens with zero attached hydrogens (tertiary/aromatic N) is 5. The van der Waals surface area contributed by atoms with Gasteiger partial charge in [0, 0.05) is 36.1 Å². The molecule has 5 heteroatoms. The summed E-state index contributed by atoms with van der Waals surface area (Å²) in [7, 11) is 2.23. The first-order valence-corrected chi connectivity index (χ1v) is 13.3. The standard InChI is InChI=1S/C30H39N5/c1-8-30(9-2)15-14-21-12-10-11-13-24(21)35-25-18-32-27(33-28(25)34(7)29(30)35)26-22(19(3)4)16-31-17-23(26)20(5)6/h10-13,16-20,29H,8-9,14-15H2,1-7H3. The topological polar surface area (TPSA) is 45.2 Å². The van der Waals surface area contributed by atoms with E-state index >= 15 is 0 Å². The molecule has 1 atom stereocenters. The Bertz CT molecular complexity index is 1200. The SMILES string of the molecule is CCC1(CC)CCc2ccccc2N2c3cnc(-c4c(C(C)C)cncc4C(C)C)nc3N(C)C21. The molecule has 1 aromatic carbocycles. The van der Waals surface area contributed by atoms with E-state index in [0.717, 1.165) is 42.2 Å². The molecule has 0 radical (unpaired) electrons. The molecule has 0 aliphatic carbocycles. The summed E-state index contributed by atoms with van der Waals surface area (Å²) in [5.74, 6) is 2.54. The lowest BCUT2D eigenvalue weighted by atomic mass is 9.75. The van der Waals surface area contributed by atoms with Crippen molar-refractivity contribution < 1.29 is 0 Å². The molecule has 2 aromatic heterocycles. The fourth-order valence-corrected chi connectivity index (χ4v) is 6.35. The van der Waals surface area contributed by atoms with Crippen LogP contribution in [-0.2, 0) is 6.42 Å². The molecule has 0 saturated heterocycles. The van der Waals surface area contributed by atoms with Crippen molar-refractivity contribution in [2.24, 2.45) is 5.41 Å². The average Bonchev–Trinajstić information content (AvgIpc) is 3.07. The summed E-state index contributed by atoms with van der Waals surface area (Å²) >= 11 is 0. The molecule has 184 valence electrons. The van der Waals surface area contributed by atoms with Crippen LogP contribution < -0.4 is 9.80 Å². The van der Waals surface area contributed by atoms with Gasteiger partial charge in [-0.2, -0.15) is 0 Å². The Labute approximate surface area is 210 Å². The molecule has 0 spiro atoms. The summed E-state index contributed by atoms with van der Waals surface area (Å²) in [6.07, 6.45) is 10.8. The van der Waals surface area contributed by atoms with Crippen LogP contribution in [0, 0.1) is 5.41 Å². The maximum atomic E-state index is 5.30. The first kappa shape index (κ1) is 23.8. The second-order valence-electron chi connectivity index (χ2n) is 11.0. The smallest absolute Gasteiger partial charge is 0.162 e. The highest BCUT2D eigenvalue weighted by Gasteiger charge is 2.50. The first-order chi connectivity index (χ1) is 16.8. The molecule has 35 heavy (non-hydrogen) atoms. The van der Waals surface area contributed by atoms with Gasteiger partial charge in [0.1, 0.15) is 11.9 Å². The van der Waals surface area contributed by atoms with Crippen LogP contribution in [0.3, 0.4) is 0 Å². The number of hydrogen-bond acceptors (Lipinski definition) is 5. The number of pyridine rings is 1. The van der Waals surface area contributed by atoms with E-state index in [1.54, 1.807) is 0 Å². The molecule has 1 unspecified atom stereocenters. The number of fused-ring (bicyclic) bond motifs is 5. The van der Waals surface area contributed by atoms with Gasteiger partial charge < -0.3 is 9.80 Å². The monoisotopic (exact) mass is 469 g/mol. The van der Waals surface area contributed by atoms with E-state index in [9.17, 15) is 0 Å². The van der Waals surface area contributed by atoms with E-state index in [-0.39, 0.29) is 11.6 Å². The Morgan fingerprint density at radius 2 is 1.60 bits per heavy atom. The summed E-state index contributed by atoms with van der Waals surface area (Å²) in [5.41, 5.74) is 7.61. The van der Waals surface area contributed by atoms with Gasteiger partial charge in [-0.3, -0.25) is 4.98 Å². The van der Waals surface area contributed by atoms with Crippen molar-refractivity contribution in [2.45, 2.75) is 85.2 Å². The minimum Gasteiger partial charge on any atom is -0.337 e. The van der Waals surface area contributed by atoms with Crippen LogP contribution in [0.4, 0.5) is 17.2 Å².